The lowest BCUT2D eigenvalue weighted by Crippen LogP contribution is -2.32. The Balaban J connectivity index is 1.68. The van der Waals surface area contributed by atoms with Crippen molar-refractivity contribution >= 4 is 28.8 Å². The minimum atomic E-state index is -0.345. The molecule has 0 fully saturated rings. The van der Waals surface area contributed by atoms with Crippen LogP contribution in [0.25, 0.3) is 0 Å². The maximum Gasteiger partial charge on any atom is 0.262 e. The lowest BCUT2D eigenvalue weighted by molar-refractivity contribution is -0.118. The third-order valence-corrected chi connectivity index (χ3v) is 6.78. The number of para-hydroxylation sites is 2. The molecule has 0 aliphatic carbocycles. The van der Waals surface area contributed by atoms with Gasteiger partial charge in [0.1, 0.15) is 5.75 Å². The predicted octanol–water partition coefficient (Wildman–Crippen LogP) is 5.69. The molecular weight excluding hydrogens is 464 g/mol. The maximum atomic E-state index is 13.1. The molecule has 2 amide bonds. The van der Waals surface area contributed by atoms with Crippen LogP contribution in [0.5, 0.6) is 17.2 Å². The minimum absolute atomic E-state index is 0.0573. The fourth-order valence-electron chi connectivity index (χ4n) is 3.88. The van der Waals surface area contributed by atoms with Crippen LogP contribution in [0.15, 0.2) is 60.0 Å². The van der Waals surface area contributed by atoms with Gasteiger partial charge in [-0.1, -0.05) is 44.9 Å². The van der Waals surface area contributed by atoms with Gasteiger partial charge in [-0.3, -0.25) is 9.59 Å². The molecule has 7 nitrogen and oxygen atoms in total. The van der Waals surface area contributed by atoms with E-state index >= 15 is 0 Å². The molecule has 0 aliphatic rings. The van der Waals surface area contributed by atoms with Crippen molar-refractivity contribution in [1.29, 1.82) is 0 Å². The zero-order chi connectivity index (χ0) is 25.2. The molecular formula is C27H32N2O5S. The summed E-state index contributed by atoms with van der Waals surface area (Å²) in [5.74, 6) is 1.11. The minimum Gasteiger partial charge on any atom is -0.495 e. The first-order chi connectivity index (χ1) is 17.0. The number of anilines is 1. The molecule has 3 aromatic rings. The lowest BCUT2D eigenvalue weighted by Gasteiger charge is -2.25. The quantitative estimate of drug-likeness (QED) is 0.336. The Labute approximate surface area is 210 Å². The molecule has 0 saturated heterocycles. The number of nitrogens with one attached hydrogen (secondary N) is 2. The average molecular weight is 497 g/mol. The second kappa shape index (κ2) is 12.8. The first kappa shape index (κ1) is 26.1. The van der Waals surface area contributed by atoms with Crippen LogP contribution < -0.4 is 24.8 Å². The van der Waals surface area contributed by atoms with E-state index in [4.69, 9.17) is 14.2 Å². The van der Waals surface area contributed by atoms with Crippen LogP contribution in [-0.4, -0.2) is 32.6 Å². The van der Waals surface area contributed by atoms with Crippen LogP contribution in [-0.2, 0) is 4.79 Å². The highest BCUT2D eigenvalue weighted by atomic mass is 32.1. The summed E-state index contributed by atoms with van der Waals surface area (Å²) < 4.78 is 16.4. The number of carbonyl (C=O) groups is 2. The van der Waals surface area contributed by atoms with Crippen LogP contribution >= 0.6 is 11.3 Å². The number of ether oxygens (including phenoxy) is 3. The molecule has 3 rings (SSSR count). The van der Waals surface area contributed by atoms with Gasteiger partial charge >= 0.3 is 0 Å². The smallest absolute Gasteiger partial charge is 0.262 e. The van der Waals surface area contributed by atoms with E-state index in [-0.39, 0.29) is 24.5 Å². The Kier molecular flexibility index (Phi) is 9.55. The van der Waals surface area contributed by atoms with Crippen molar-refractivity contribution in [3.05, 3.63) is 70.4 Å². The molecule has 0 aliphatic heterocycles. The number of carbonyl (C=O) groups excluding carboxylic acids is 2. The fourth-order valence-corrected chi connectivity index (χ4v) is 4.75. The summed E-state index contributed by atoms with van der Waals surface area (Å²) in [4.78, 5) is 26.6. The van der Waals surface area contributed by atoms with Crippen LogP contribution in [0.1, 0.15) is 48.0 Å². The Morgan fingerprint density at radius 1 is 0.914 bits per heavy atom. The van der Waals surface area contributed by atoms with Crippen molar-refractivity contribution in [2.45, 2.75) is 32.7 Å². The predicted molar refractivity (Wildman–Crippen MR) is 139 cm³/mol. The van der Waals surface area contributed by atoms with Crippen molar-refractivity contribution in [2.24, 2.45) is 5.92 Å². The molecule has 8 heteroatoms. The third kappa shape index (κ3) is 6.76. The molecule has 35 heavy (non-hydrogen) atoms. The molecule has 1 unspecified atom stereocenters. The second-order valence-corrected chi connectivity index (χ2v) is 8.93. The molecule has 186 valence electrons. The van der Waals surface area contributed by atoms with Gasteiger partial charge in [-0.2, -0.15) is 0 Å². The van der Waals surface area contributed by atoms with Gasteiger partial charge in [-0.25, -0.2) is 0 Å². The number of benzene rings is 2. The Morgan fingerprint density at radius 2 is 1.66 bits per heavy atom. The molecule has 2 N–H and O–H groups in total. The van der Waals surface area contributed by atoms with Crippen molar-refractivity contribution < 1.29 is 23.8 Å². The van der Waals surface area contributed by atoms with Gasteiger partial charge in [-0.05, 0) is 47.7 Å². The standard InChI is InChI=1S/C27H32N2O5S/c1-5-18(6-2)26(24-12-9-15-35-24)29-27(31)19-13-14-22(23(16-19)33-4)34-17-25(30)28-20-10-7-8-11-21(20)32-3/h7-16,18,26H,5-6,17H2,1-4H3,(H,28,30)(H,29,31). The summed E-state index contributed by atoms with van der Waals surface area (Å²) in [5.41, 5.74) is 1.01. The summed E-state index contributed by atoms with van der Waals surface area (Å²) in [6.45, 7) is 4.05. The number of methoxy groups -OCH3 is 2. The van der Waals surface area contributed by atoms with Crippen molar-refractivity contribution in [3.63, 3.8) is 0 Å². The highest BCUT2D eigenvalue weighted by molar-refractivity contribution is 7.10. The molecule has 0 radical (unpaired) electrons. The SMILES string of the molecule is CCC(CC)C(NC(=O)c1ccc(OCC(=O)Nc2ccccc2OC)c(OC)c1)c1cccs1. The van der Waals surface area contributed by atoms with Gasteiger partial charge in [0.25, 0.3) is 11.8 Å². The van der Waals surface area contributed by atoms with E-state index in [2.05, 4.69) is 30.5 Å². The van der Waals surface area contributed by atoms with E-state index in [1.54, 1.807) is 47.7 Å². The summed E-state index contributed by atoms with van der Waals surface area (Å²) in [7, 11) is 3.04. The second-order valence-electron chi connectivity index (χ2n) is 7.95. The van der Waals surface area contributed by atoms with E-state index in [1.165, 1.54) is 14.2 Å². The number of rotatable bonds is 12. The van der Waals surface area contributed by atoms with Crippen LogP contribution in [0.3, 0.4) is 0 Å². The van der Waals surface area contributed by atoms with Gasteiger partial charge in [0, 0.05) is 10.4 Å². The lowest BCUT2D eigenvalue weighted by atomic mass is 9.92. The first-order valence-corrected chi connectivity index (χ1v) is 12.5. The van der Waals surface area contributed by atoms with Crippen LogP contribution in [0.2, 0.25) is 0 Å². The number of thiophene rings is 1. The highest BCUT2D eigenvalue weighted by Gasteiger charge is 2.24. The summed E-state index contributed by atoms with van der Waals surface area (Å²) in [6.07, 6.45) is 1.93. The van der Waals surface area contributed by atoms with E-state index < -0.39 is 0 Å². The van der Waals surface area contributed by atoms with Gasteiger partial charge < -0.3 is 24.8 Å². The Hall–Kier alpha value is -3.52. The summed E-state index contributed by atoms with van der Waals surface area (Å²) in [6, 6.07) is 16.1. The molecule has 1 atom stereocenters. The van der Waals surface area contributed by atoms with Gasteiger partial charge in [0.2, 0.25) is 0 Å². The maximum absolute atomic E-state index is 13.1. The number of hydrogen-bond donors (Lipinski definition) is 2. The first-order valence-electron chi connectivity index (χ1n) is 11.6. The highest BCUT2D eigenvalue weighted by Crippen LogP contribution is 2.32. The van der Waals surface area contributed by atoms with Gasteiger partial charge in [0.05, 0.1) is 25.9 Å². The fraction of sp³-hybridized carbons (Fsp3) is 0.333. The van der Waals surface area contributed by atoms with E-state index in [1.807, 2.05) is 17.5 Å². The zero-order valence-corrected chi connectivity index (χ0v) is 21.3. The van der Waals surface area contributed by atoms with Crippen molar-refractivity contribution in [2.75, 3.05) is 26.1 Å². The van der Waals surface area contributed by atoms with Crippen molar-refractivity contribution in [3.8, 4) is 17.2 Å². The molecule has 0 saturated carbocycles. The number of hydrogen-bond acceptors (Lipinski definition) is 6. The summed E-state index contributed by atoms with van der Waals surface area (Å²) >= 11 is 1.64. The van der Waals surface area contributed by atoms with Crippen LogP contribution in [0.4, 0.5) is 5.69 Å². The van der Waals surface area contributed by atoms with E-state index in [0.717, 1.165) is 17.7 Å². The third-order valence-electron chi connectivity index (χ3n) is 5.82. The monoisotopic (exact) mass is 496 g/mol. The van der Waals surface area contributed by atoms with E-state index in [9.17, 15) is 9.59 Å². The number of amides is 2. The molecule has 0 bridgehead atoms. The largest absolute Gasteiger partial charge is 0.495 e. The average Bonchev–Trinajstić information content (AvgIpc) is 3.42. The molecule has 2 aromatic carbocycles. The van der Waals surface area contributed by atoms with E-state index in [0.29, 0.717) is 34.4 Å². The Bertz CT molecular complexity index is 1110. The molecule has 1 aromatic heterocycles. The normalized spacial score (nSPS) is 11.6. The summed E-state index contributed by atoms with van der Waals surface area (Å²) in [5, 5.41) is 7.98. The van der Waals surface area contributed by atoms with Gasteiger partial charge in [0.15, 0.2) is 18.1 Å². The zero-order valence-electron chi connectivity index (χ0n) is 20.5. The molecule has 1 heterocycles. The topological polar surface area (TPSA) is 85.9 Å². The molecule has 0 spiro atoms. The van der Waals surface area contributed by atoms with Crippen molar-refractivity contribution in [1.82, 2.24) is 5.32 Å². The van der Waals surface area contributed by atoms with Crippen LogP contribution in [0, 0.1) is 5.92 Å². The van der Waals surface area contributed by atoms with Gasteiger partial charge in [-0.15, -0.1) is 11.3 Å². The Morgan fingerprint density at radius 3 is 2.31 bits per heavy atom.